The van der Waals surface area contributed by atoms with Crippen molar-refractivity contribution in [1.29, 1.82) is 0 Å². The smallest absolute Gasteiger partial charge is 0.257 e. The number of fused-ring (bicyclic) bond motifs is 1. The summed E-state index contributed by atoms with van der Waals surface area (Å²) in [6.07, 6.45) is 2.53. The summed E-state index contributed by atoms with van der Waals surface area (Å²) in [7, 11) is 0. The van der Waals surface area contributed by atoms with Crippen LogP contribution in [0.25, 0.3) is 0 Å². The third-order valence-corrected chi connectivity index (χ3v) is 6.09. The minimum atomic E-state index is -0.214. The second-order valence-electron chi connectivity index (χ2n) is 8.20. The minimum absolute atomic E-state index is 0.0702. The van der Waals surface area contributed by atoms with Crippen LogP contribution in [0.5, 0.6) is 0 Å². The number of aromatic nitrogens is 2. The van der Waals surface area contributed by atoms with Crippen LogP contribution in [0.4, 0.5) is 10.1 Å². The lowest BCUT2D eigenvalue weighted by atomic mass is 10.0. The predicted octanol–water partition coefficient (Wildman–Crippen LogP) is 2.74. The number of hydrogen-bond donors (Lipinski definition) is 1. The van der Waals surface area contributed by atoms with Crippen LogP contribution in [-0.4, -0.2) is 64.9 Å². The number of likely N-dealkylation sites (tertiary alicyclic amines) is 2. The highest BCUT2D eigenvalue weighted by molar-refractivity contribution is 5.96. The fourth-order valence-corrected chi connectivity index (χ4v) is 4.63. The van der Waals surface area contributed by atoms with E-state index in [-0.39, 0.29) is 11.7 Å². The maximum Gasteiger partial charge on any atom is 0.257 e. The summed E-state index contributed by atoms with van der Waals surface area (Å²) in [5, 5.41) is 3.28. The van der Waals surface area contributed by atoms with Crippen molar-refractivity contribution in [3.05, 3.63) is 53.4 Å². The first kappa shape index (κ1) is 19.8. The Hall–Kier alpha value is -2.54. The molecule has 0 aliphatic carbocycles. The zero-order valence-corrected chi connectivity index (χ0v) is 17.1. The molecule has 1 N–H and O–H groups in total. The van der Waals surface area contributed by atoms with E-state index in [9.17, 15) is 9.18 Å². The number of amides is 1. The van der Waals surface area contributed by atoms with Crippen molar-refractivity contribution >= 4 is 11.6 Å². The summed E-state index contributed by atoms with van der Waals surface area (Å²) in [4.78, 5) is 25.8. The molecule has 1 aromatic heterocycles. The van der Waals surface area contributed by atoms with Crippen molar-refractivity contribution in [2.24, 2.45) is 11.8 Å². The number of nitrogens with one attached hydrogen (secondary N) is 1. The number of carbonyl (C=O) groups is 1. The van der Waals surface area contributed by atoms with Gasteiger partial charge in [0.05, 0.1) is 17.0 Å². The summed E-state index contributed by atoms with van der Waals surface area (Å²) in [6.45, 7) is 9.30. The van der Waals surface area contributed by atoms with Gasteiger partial charge in [0.1, 0.15) is 12.1 Å². The van der Waals surface area contributed by atoms with Gasteiger partial charge in [-0.3, -0.25) is 4.79 Å². The van der Waals surface area contributed by atoms with Crippen molar-refractivity contribution in [1.82, 2.24) is 19.8 Å². The van der Waals surface area contributed by atoms with Gasteiger partial charge in [0, 0.05) is 38.4 Å². The normalized spacial score (nSPS) is 21.4. The van der Waals surface area contributed by atoms with E-state index < -0.39 is 0 Å². The summed E-state index contributed by atoms with van der Waals surface area (Å²) >= 11 is 0. The molecule has 2 saturated heterocycles. The summed E-state index contributed by atoms with van der Waals surface area (Å²) in [6, 6.07) is 6.58. The van der Waals surface area contributed by atoms with Crippen LogP contribution in [0.2, 0.25) is 0 Å². The molecule has 2 aromatic rings. The number of aryl methyl sites for hydroxylation is 2. The van der Waals surface area contributed by atoms with Crippen molar-refractivity contribution in [2.45, 2.75) is 20.3 Å². The number of hydrogen-bond acceptors (Lipinski definition) is 5. The zero-order valence-electron chi connectivity index (χ0n) is 17.1. The lowest BCUT2D eigenvalue weighted by Gasteiger charge is -2.22. The monoisotopic (exact) mass is 397 g/mol. The lowest BCUT2D eigenvalue weighted by Crippen LogP contribution is -2.34. The Morgan fingerprint density at radius 1 is 1.14 bits per heavy atom. The van der Waals surface area contributed by atoms with E-state index in [0.29, 0.717) is 17.4 Å². The Morgan fingerprint density at radius 2 is 1.83 bits per heavy atom. The standard InChI is InChI=1S/C22H28FN5O/c1-15-21(16(2)26-14-25-15)22(29)28-12-17-10-27(11-18(17)13-28)8-4-7-24-20-6-3-5-19(23)9-20/h3,5-6,9,14,17-18,24H,4,7-8,10-13H2,1-2H3. The number of benzene rings is 1. The molecule has 1 aromatic carbocycles. The molecule has 0 spiro atoms. The molecule has 2 aliphatic heterocycles. The van der Waals surface area contributed by atoms with E-state index in [1.54, 1.807) is 6.07 Å². The molecule has 3 heterocycles. The quantitative estimate of drug-likeness (QED) is 0.760. The van der Waals surface area contributed by atoms with Crippen LogP contribution in [0.1, 0.15) is 28.2 Å². The molecule has 4 rings (SSSR count). The molecule has 0 saturated carbocycles. The molecule has 0 radical (unpaired) electrons. The highest BCUT2D eigenvalue weighted by atomic mass is 19.1. The molecule has 7 heteroatoms. The Kier molecular flexibility index (Phi) is 5.76. The fraction of sp³-hybridized carbons (Fsp3) is 0.500. The number of halogens is 1. The first-order valence-corrected chi connectivity index (χ1v) is 10.3. The molecule has 2 fully saturated rings. The predicted molar refractivity (Wildman–Crippen MR) is 110 cm³/mol. The third-order valence-electron chi connectivity index (χ3n) is 6.09. The van der Waals surface area contributed by atoms with Gasteiger partial charge in [0.2, 0.25) is 0 Å². The van der Waals surface area contributed by atoms with E-state index in [0.717, 1.165) is 62.8 Å². The average molecular weight is 397 g/mol. The van der Waals surface area contributed by atoms with Gasteiger partial charge in [-0.25, -0.2) is 14.4 Å². The number of rotatable bonds is 6. The Morgan fingerprint density at radius 3 is 2.48 bits per heavy atom. The minimum Gasteiger partial charge on any atom is -0.385 e. The highest BCUT2D eigenvalue weighted by Crippen LogP contribution is 2.32. The first-order valence-electron chi connectivity index (χ1n) is 10.3. The van der Waals surface area contributed by atoms with E-state index in [1.807, 2.05) is 24.8 Å². The second-order valence-corrected chi connectivity index (χ2v) is 8.20. The average Bonchev–Trinajstić information content (AvgIpc) is 3.24. The lowest BCUT2D eigenvalue weighted by molar-refractivity contribution is 0.0771. The number of anilines is 1. The maximum atomic E-state index is 13.2. The van der Waals surface area contributed by atoms with Gasteiger partial charge in [-0.15, -0.1) is 0 Å². The van der Waals surface area contributed by atoms with Crippen molar-refractivity contribution in [3.63, 3.8) is 0 Å². The Labute approximate surface area is 171 Å². The van der Waals surface area contributed by atoms with Gasteiger partial charge in [0.15, 0.2) is 0 Å². The van der Waals surface area contributed by atoms with Gasteiger partial charge in [-0.2, -0.15) is 0 Å². The van der Waals surface area contributed by atoms with Gasteiger partial charge in [-0.1, -0.05) is 6.07 Å². The maximum absolute atomic E-state index is 13.2. The molecule has 1 amide bonds. The van der Waals surface area contributed by atoms with E-state index in [4.69, 9.17) is 0 Å². The molecule has 2 unspecified atom stereocenters. The summed E-state index contributed by atoms with van der Waals surface area (Å²) < 4.78 is 13.2. The Bertz CT molecular complexity index is 855. The van der Waals surface area contributed by atoms with Crippen LogP contribution in [-0.2, 0) is 0 Å². The van der Waals surface area contributed by atoms with Crippen LogP contribution in [0.15, 0.2) is 30.6 Å². The molecule has 2 aliphatic rings. The van der Waals surface area contributed by atoms with Crippen molar-refractivity contribution in [2.75, 3.05) is 44.6 Å². The molecule has 154 valence electrons. The van der Waals surface area contributed by atoms with Crippen LogP contribution in [0, 0.1) is 31.5 Å². The molecule has 0 bridgehead atoms. The van der Waals surface area contributed by atoms with Gasteiger partial charge in [-0.05, 0) is 56.8 Å². The summed E-state index contributed by atoms with van der Waals surface area (Å²) in [5.74, 6) is 0.940. The zero-order chi connectivity index (χ0) is 20.4. The molecule has 6 nitrogen and oxygen atoms in total. The highest BCUT2D eigenvalue weighted by Gasteiger charge is 2.41. The van der Waals surface area contributed by atoms with Crippen molar-refractivity contribution < 1.29 is 9.18 Å². The van der Waals surface area contributed by atoms with Crippen LogP contribution in [0.3, 0.4) is 0 Å². The van der Waals surface area contributed by atoms with E-state index in [1.165, 1.54) is 18.5 Å². The third kappa shape index (κ3) is 4.40. The molecular formula is C22H28FN5O. The molecule has 2 atom stereocenters. The first-order chi connectivity index (χ1) is 14.0. The van der Waals surface area contributed by atoms with Crippen LogP contribution < -0.4 is 5.32 Å². The Balaban J connectivity index is 1.23. The van der Waals surface area contributed by atoms with Gasteiger partial charge < -0.3 is 15.1 Å². The molecular weight excluding hydrogens is 369 g/mol. The fourth-order valence-electron chi connectivity index (χ4n) is 4.63. The van der Waals surface area contributed by atoms with Crippen LogP contribution >= 0.6 is 0 Å². The number of carbonyl (C=O) groups excluding carboxylic acids is 1. The number of nitrogens with zero attached hydrogens (tertiary/aromatic N) is 4. The summed E-state index contributed by atoms with van der Waals surface area (Å²) in [5.41, 5.74) is 3.00. The van der Waals surface area contributed by atoms with E-state index in [2.05, 4.69) is 20.2 Å². The van der Waals surface area contributed by atoms with E-state index >= 15 is 0 Å². The van der Waals surface area contributed by atoms with Crippen molar-refractivity contribution in [3.8, 4) is 0 Å². The van der Waals surface area contributed by atoms with Gasteiger partial charge >= 0.3 is 0 Å². The van der Waals surface area contributed by atoms with Gasteiger partial charge in [0.25, 0.3) is 5.91 Å². The topological polar surface area (TPSA) is 61.4 Å². The largest absolute Gasteiger partial charge is 0.385 e. The SMILES string of the molecule is Cc1ncnc(C)c1C(=O)N1CC2CN(CCCNc3cccc(F)c3)CC2C1. The molecule has 29 heavy (non-hydrogen) atoms. The second kappa shape index (κ2) is 8.45.